The summed E-state index contributed by atoms with van der Waals surface area (Å²) in [5, 5.41) is 40.9. The minimum atomic E-state index is -1.56. The van der Waals surface area contributed by atoms with Crippen LogP contribution in [0.2, 0.25) is 0 Å². The van der Waals surface area contributed by atoms with Crippen molar-refractivity contribution in [2.75, 3.05) is 54.9 Å². The molecule has 0 spiro atoms. The molecular formula is C47H70B2I2N6O18P2. The van der Waals surface area contributed by atoms with Crippen molar-refractivity contribution in [3.8, 4) is 35.1 Å². The molecule has 30 heteroatoms. The molecule has 426 valence electrons. The van der Waals surface area contributed by atoms with Crippen LogP contribution in [0.25, 0.3) is 0 Å². The Morgan fingerprint density at radius 3 is 1.38 bits per heavy atom. The van der Waals surface area contributed by atoms with Crippen LogP contribution in [-0.2, 0) is 55.0 Å². The van der Waals surface area contributed by atoms with Gasteiger partial charge in [-0.2, -0.15) is 10.5 Å². The molecule has 2 saturated heterocycles. The topological polar surface area (TPSA) is 277 Å². The number of carbonyl (C=O) groups is 1. The van der Waals surface area contributed by atoms with Crippen LogP contribution >= 0.6 is 54.3 Å². The van der Waals surface area contributed by atoms with Crippen LogP contribution < -0.4 is 18.9 Å². The summed E-state index contributed by atoms with van der Waals surface area (Å²) in [4.78, 5) is 34.3. The van der Waals surface area contributed by atoms with E-state index in [1.54, 1.807) is 0 Å². The lowest BCUT2D eigenvalue weighted by molar-refractivity contribution is -0.386. The summed E-state index contributed by atoms with van der Waals surface area (Å²) in [5.41, 5.74) is -0.00472. The molecule has 0 saturated carbocycles. The van der Waals surface area contributed by atoms with E-state index in [2.05, 4.69) is 86.4 Å². The molecule has 8 unspecified atom stereocenters. The highest BCUT2D eigenvalue weighted by molar-refractivity contribution is 15.0. The van der Waals surface area contributed by atoms with E-state index in [0.717, 1.165) is 0 Å². The molecular weight excluding hydrogens is 1270 g/mol. The number of nitro benzene ring substituents is 2. The summed E-state index contributed by atoms with van der Waals surface area (Å²) < 4.78 is 77.2. The maximum absolute atomic E-state index is 12.3. The minimum Gasteiger partial charge on any atom is -0.493 e. The summed E-state index contributed by atoms with van der Waals surface area (Å²) in [5.74, 6) is 1.04. The molecule has 2 aliphatic rings. The third-order valence-corrected chi connectivity index (χ3v) is 15.4. The number of nitrogens with zero attached hydrogens (tertiary/aromatic N) is 6. The molecule has 2 aliphatic heterocycles. The van der Waals surface area contributed by atoms with Crippen LogP contribution in [0.4, 0.5) is 16.2 Å². The summed E-state index contributed by atoms with van der Waals surface area (Å²) in [6, 6.07) is 8.82. The minimum absolute atomic E-state index is 0.0456. The molecule has 24 nitrogen and oxygen atoms in total. The van der Waals surface area contributed by atoms with Gasteiger partial charge in [-0.05, 0) is 80.4 Å². The van der Waals surface area contributed by atoms with Crippen LogP contribution in [0.15, 0.2) is 24.3 Å². The van der Waals surface area contributed by atoms with Gasteiger partial charge >= 0.3 is 6.16 Å². The molecule has 77 heavy (non-hydrogen) atoms. The highest BCUT2D eigenvalue weighted by atomic mass is 128. The number of halogens is 2. The second-order valence-corrected chi connectivity index (χ2v) is 20.6. The van der Waals surface area contributed by atoms with E-state index in [1.165, 1.54) is 52.7 Å². The fourth-order valence-electron chi connectivity index (χ4n) is 7.84. The first-order chi connectivity index (χ1) is 36.6. The van der Waals surface area contributed by atoms with Gasteiger partial charge in [0.25, 0.3) is 28.4 Å². The molecule has 2 aromatic carbocycles. The van der Waals surface area contributed by atoms with Crippen LogP contribution in [0, 0.1) is 42.9 Å². The van der Waals surface area contributed by atoms with Crippen molar-refractivity contribution in [3.63, 3.8) is 0 Å². The van der Waals surface area contributed by atoms with Gasteiger partial charge in [0.15, 0.2) is 23.0 Å². The number of hydrogen-bond acceptors (Lipinski definition) is 22. The average Bonchev–Trinajstić information content (AvgIpc) is 3.92. The first kappa shape index (κ1) is 69.9. The first-order valence-corrected chi connectivity index (χ1v) is 32.8. The number of nitriles is 2. The average molecular weight is 1340 g/mol. The lowest BCUT2D eigenvalue weighted by atomic mass is 9.96. The predicted octanol–water partition coefficient (Wildman–Crippen LogP) is 10.1. The largest absolute Gasteiger partial charge is 0.508 e. The van der Waals surface area contributed by atoms with E-state index in [-0.39, 0.29) is 104 Å². The number of nitro groups is 2. The Hall–Kier alpha value is -3.22. The number of methoxy groups -OCH3 is 4. The van der Waals surface area contributed by atoms with E-state index in [9.17, 15) is 25.0 Å². The Bertz CT molecular complexity index is 2210. The van der Waals surface area contributed by atoms with E-state index < -0.39 is 76.1 Å². The van der Waals surface area contributed by atoms with Gasteiger partial charge in [-0.1, -0.05) is 0 Å². The maximum Gasteiger partial charge on any atom is 0.508 e. The normalized spacial score (nSPS) is 19.7. The Kier molecular flexibility index (Phi) is 33.5. The lowest BCUT2D eigenvalue weighted by Crippen LogP contribution is -2.36. The van der Waals surface area contributed by atoms with E-state index in [4.69, 9.17) is 86.9 Å². The zero-order chi connectivity index (χ0) is 57.9. The second-order valence-electron chi connectivity index (χ2n) is 17.8. The third kappa shape index (κ3) is 22.7. The predicted molar refractivity (Wildman–Crippen MR) is 304 cm³/mol. The molecule has 4 rings (SSSR count). The fraction of sp³-hybridized carbons (Fsp3) is 0.681. The maximum atomic E-state index is 12.3. The van der Waals surface area contributed by atoms with Crippen molar-refractivity contribution < 1.29 is 75.4 Å². The summed E-state index contributed by atoms with van der Waals surface area (Å²) in [7, 11) is 14.6. The quantitative estimate of drug-likeness (QED) is 0.0134. The van der Waals surface area contributed by atoms with Gasteiger partial charge in [-0.3, -0.25) is 20.2 Å². The fourth-order valence-corrected chi connectivity index (χ4v) is 11.4. The Morgan fingerprint density at radius 1 is 0.662 bits per heavy atom. The van der Waals surface area contributed by atoms with E-state index >= 15 is 0 Å². The molecule has 0 N–H and O–H groups in total. The summed E-state index contributed by atoms with van der Waals surface area (Å²) in [6.07, 6.45) is -1.96. The van der Waals surface area contributed by atoms with Gasteiger partial charge in [-0.15, -0.1) is 0 Å². The molecule has 2 heterocycles. The molecule has 2 aromatic rings. The first-order valence-electron chi connectivity index (χ1n) is 24.3. The molecule has 0 aliphatic carbocycles. The van der Waals surface area contributed by atoms with Crippen molar-refractivity contribution in [2.24, 2.45) is 0 Å². The molecule has 8 atom stereocenters. The number of ether oxygens (including phenoxy) is 9. The number of rotatable bonds is 30. The standard InChI is InChI=1S/C24H35BN3O10P.C23H35BN3O8P.I2/c1-15(2)27(16(3)4)39(36-9-7-8-26)38-21-12-23(25)37-22(21)14-35-24(29)34-13-17-10-19(32-5)20(33-6)11-18(17)28(30)31;1-15(2)26(16(3)4)36(33-9-7-8-25)35-21-12-23(24)34-22(21)14-32-13-17-10-19(30-5)20(31-6)11-18(17)27(28)29;1-2/h10-11,15-16,21-23H,7,9,12-14H2,1-6H3;10-11,15-16,21-23H,7,9,12-14H2,1-6H3;. The van der Waals surface area contributed by atoms with E-state index in [0.29, 0.717) is 24.2 Å². The van der Waals surface area contributed by atoms with E-state index in [1.807, 2.05) is 27.7 Å². The highest BCUT2D eigenvalue weighted by Crippen LogP contribution is 2.50. The van der Waals surface area contributed by atoms with Gasteiger partial charge in [0.05, 0.1) is 125 Å². The summed E-state index contributed by atoms with van der Waals surface area (Å²) in [6.45, 7) is 16.1. The Morgan fingerprint density at radius 2 is 1.03 bits per heavy atom. The van der Waals surface area contributed by atoms with Gasteiger partial charge in [0.1, 0.15) is 41.1 Å². The van der Waals surface area contributed by atoms with Gasteiger partial charge in [0, 0.05) is 73.4 Å². The molecule has 4 radical (unpaired) electrons. The SMILES string of the molecule is II.[B]C1CC(OP(OCCC#N)N(C(C)C)C(C)C)C(COC(=O)OCc2cc(OC)c(OC)cc2[N+](=O)[O-])O1.[B]C1CC(OP(OCCC#N)N(C(C)C)C(C)C)C(COCc2cc(OC)c(OC)cc2[N+](=O)[O-])O1. The second kappa shape index (κ2) is 36.9. The Labute approximate surface area is 480 Å². The molecule has 0 amide bonds. The molecule has 2 fully saturated rings. The summed E-state index contributed by atoms with van der Waals surface area (Å²) >= 11 is 4.24. The zero-order valence-corrected chi connectivity index (χ0v) is 51.6. The van der Waals surface area contributed by atoms with Crippen molar-refractivity contribution in [1.29, 1.82) is 10.5 Å². The zero-order valence-electron chi connectivity index (χ0n) is 45.5. The molecule has 0 aromatic heterocycles. The van der Waals surface area contributed by atoms with Crippen molar-refractivity contribution in [2.45, 2.75) is 155 Å². The van der Waals surface area contributed by atoms with Crippen LogP contribution in [-0.4, -0.2) is 156 Å². The van der Waals surface area contributed by atoms with Crippen molar-refractivity contribution >= 4 is 87.5 Å². The van der Waals surface area contributed by atoms with Crippen LogP contribution in [0.3, 0.4) is 0 Å². The van der Waals surface area contributed by atoms with Crippen molar-refractivity contribution in [1.82, 2.24) is 9.34 Å². The van der Waals surface area contributed by atoms with Gasteiger partial charge in [0.2, 0.25) is 0 Å². The Balaban J connectivity index is 0.000000512. The van der Waals surface area contributed by atoms with Crippen molar-refractivity contribution in [3.05, 3.63) is 55.6 Å². The number of carbonyl (C=O) groups excluding carboxylic acids is 1. The van der Waals surface area contributed by atoms with Gasteiger partial charge in [-0.25, -0.2) is 14.1 Å². The molecule has 0 bridgehead atoms. The number of hydrogen-bond donors (Lipinski definition) is 0. The lowest BCUT2D eigenvalue weighted by Gasteiger charge is -2.37. The smallest absolute Gasteiger partial charge is 0.493 e. The number of benzene rings is 2. The highest BCUT2D eigenvalue weighted by Gasteiger charge is 2.41. The third-order valence-electron chi connectivity index (χ3n) is 11.0. The van der Waals surface area contributed by atoms with Gasteiger partial charge < -0.3 is 60.7 Å². The van der Waals surface area contributed by atoms with Crippen LogP contribution in [0.5, 0.6) is 23.0 Å². The monoisotopic (exact) mass is 1340 g/mol. The van der Waals surface area contributed by atoms with Crippen LogP contribution in [0.1, 0.15) is 92.2 Å².